The maximum atomic E-state index is 12.6. The highest BCUT2D eigenvalue weighted by Gasteiger charge is 2.25. The summed E-state index contributed by atoms with van der Waals surface area (Å²) in [5.74, 6) is 0. The second-order valence-electron chi connectivity index (χ2n) is 6.39. The van der Waals surface area contributed by atoms with Crippen molar-refractivity contribution in [3.8, 4) is 0 Å². The number of nitrogens with zero attached hydrogens (tertiary/aromatic N) is 1. The monoisotopic (exact) mass is 428 g/mol. The molecule has 0 aliphatic carbocycles. The van der Waals surface area contributed by atoms with Crippen LogP contribution in [-0.2, 0) is 26.6 Å². The van der Waals surface area contributed by atoms with E-state index < -0.39 is 20.0 Å². The zero-order valence-electron chi connectivity index (χ0n) is 14.6. The predicted molar refractivity (Wildman–Crippen MR) is 105 cm³/mol. The minimum absolute atomic E-state index is 0.0645. The summed E-state index contributed by atoms with van der Waals surface area (Å²) in [7, 11) is -7.15. The van der Waals surface area contributed by atoms with Gasteiger partial charge >= 0.3 is 0 Å². The molecule has 0 saturated carbocycles. The molecule has 0 amide bonds. The predicted octanol–water partition coefficient (Wildman–Crippen LogP) is 2.99. The van der Waals surface area contributed by atoms with Crippen molar-refractivity contribution in [1.29, 1.82) is 0 Å². The van der Waals surface area contributed by atoms with Crippen LogP contribution < -0.4 is 4.72 Å². The number of rotatable bonds is 6. The Morgan fingerprint density at radius 1 is 0.815 bits per heavy atom. The lowest BCUT2D eigenvalue weighted by atomic mass is 10.2. The van der Waals surface area contributed by atoms with E-state index in [0.717, 1.165) is 19.3 Å². The Kier molecular flexibility index (Phi) is 6.22. The molecule has 6 nitrogen and oxygen atoms in total. The fourth-order valence-corrected chi connectivity index (χ4v) is 5.57. The lowest BCUT2D eigenvalue weighted by Gasteiger charge is -2.25. The van der Waals surface area contributed by atoms with E-state index in [1.54, 1.807) is 12.1 Å². The Labute approximate surface area is 165 Å². The molecule has 1 aliphatic heterocycles. The van der Waals surface area contributed by atoms with E-state index in [4.69, 9.17) is 11.6 Å². The SMILES string of the molecule is O=S(=O)(NCc1ccc(S(=O)(=O)N2CCCCC2)cc1)c1ccc(Cl)cc1. The third-order valence-corrected chi connectivity index (χ3v) is 8.05. The van der Waals surface area contributed by atoms with E-state index in [0.29, 0.717) is 23.7 Å². The Hall–Kier alpha value is -1.45. The summed E-state index contributed by atoms with van der Waals surface area (Å²) in [5, 5.41) is 0.458. The van der Waals surface area contributed by atoms with Crippen LogP contribution in [0.4, 0.5) is 0 Å². The third kappa shape index (κ3) is 4.89. The molecule has 0 spiro atoms. The van der Waals surface area contributed by atoms with Gasteiger partial charge in [0.2, 0.25) is 20.0 Å². The molecule has 1 N–H and O–H groups in total. The summed E-state index contributed by atoms with van der Waals surface area (Å²) >= 11 is 5.77. The van der Waals surface area contributed by atoms with Crippen molar-refractivity contribution in [2.24, 2.45) is 0 Å². The molecule has 1 aliphatic rings. The summed E-state index contributed by atoms with van der Waals surface area (Å²) in [5.41, 5.74) is 0.671. The van der Waals surface area contributed by atoms with Gasteiger partial charge < -0.3 is 0 Å². The van der Waals surface area contributed by atoms with Crippen molar-refractivity contribution in [2.45, 2.75) is 35.6 Å². The summed E-state index contributed by atoms with van der Waals surface area (Å²) in [6.07, 6.45) is 2.81. The Morgan fingerprint density at radius 3 is 1.96 bits per heavy atom. The lowest BCUT2D eigenvalue weighted by molar-refractivity contribution is 0.346. The minimum atomic E-state index is -3.67. The quantitative estimate of drug-likeness (QED) is 0.766. The van der Waals surface area contributed by atoms with Crippen molar-refractivity contribution in [3.63, 3.8) is 0 Å². The van der Waals surface area contributed by atoms with E-state index in [-0.39, 0.29) is 16.3 Å². The maximum absolute atomic E-state index is 12.6. The highest BCUT2D eigenvalue weighted by molar-refractivity contribution is 7.89. The molecule has 9 heteroatoms. The summed E-state index contributed by atoms with van der Waals surface area (Å²) < 4.78 is 53.9. The number of benzene rings is 2. The molecule has 0 bridgehead atoms. The van der Waals surface area contributed by atoms with Crippen LogP contribution in [0.3, 0.4) is 0 Å². The molecule has 0 atom stereocenters. The van der Waals surface area contributed by atoms with Crippen LogP contribution in [0.1, 0.15) is 24.8 Å². The average Bonchev–Trinajstić information content (AvgIpc) is 2.68. The van der Waals surface area contributed by atoms with Crippen molar-refractivity contribution in [3.05, 3.63) is 59.1 Å². The van der Waals surface area contributed by atoms with Gasteiger partial charge in [0, 0.05) is 24.7 Å². The molecule has 27 heavy (non-hydrogen) atoms. The van der Waals surface area contributed by atoms with E-state index in [1.165, 1.54) is 40.7 Å². The van der Waals surface area contributed by atoms with Gasteiger partial charge in [-0.15, -0.1) is 0 Å². The summed E-state index contributed by atoms with van der Waals surface area (Å²) in [4.78, 5) is 0.352. The van der Waals surface area contributed by atoms with Crippen molar-refractivity contribution < 1.29 is 16.8 Å². The molecule has 2 aromatic rings. The maximum Gasteiger partial charge on any atom is 0.243 e. The number of halogens is 1. The molecule has 0 unspecified atom stereocenters. The first kappa shape index (κ1) is 20.3. The molecule has 146 valence electrons. The van der Waals surface area contributed by atoms with Crippen LogP contribution in [0, 0.1) is 0 Å². The molecule has 3 rings (SSSR count). The van der Waals surface area contributed by atoms with Crippen LogP contribution in [0.25, 0.3) is 0 Å². The number of hydrogen-bond acceptors (Lipinski definition) is 4. The molecular weight excluding hydrogens is 408 g/mol. The van der Waals surface area contributed by atoms with E-state index in [2.05, 4.69) is 4.72 Å². The zero-order valence-corrected chi connectivity index (χ0v) is 17.0. The molecule has 2 aromatic carbocycles. The topological polar surface area (TPSA) is 83.5 Å². The summed E-state index contributed by atoms with van der Waals surface area (Å²) in [6, 6.07) is 12.2. The van der Waals surface area contributed by atoms with Gasteiger partial charge in [0.15, 0.2) is 0 Å². The van der Waals surface area contributed by atoms with Crippen LogP contribution in [0.15, 0.2) is 58.3 Å². The van der Waals surface area contributed by atoms with Crippen molar-refractivity contribution in [1.82, 2.24) is 9.03 Å². The van der Waals surface area contributed by atoms with E-state index in [1.807, 2.05) is 0 Å². The molecule has 1 saturated heterocycles. The second kappa shape index (κ2) is 8.28. The normalized spacial score (nSPS) is 16.3. The first-order valence-corrected chi connectivity index (χ1v) is 11.9. The molecule has 1 fully saturated rings. The Morgan fingerprint density at radius 2 is 1.37 bits per heavy atom. The van der Waals surface area contributed by atoms with E-state index >= 15 is 0 Å². The first-order valence-electron chi connectivity index (χ1n) is 8.63. The van der Waals surface area contributed by atoms with Gasteiger partial charge in [0.25, 0.3) is 0 Å². The second-order valence-corrected chi connectivity index (χ2v) is 10.5. The standard InChI is InChI=1S/C18H21ClN2O4S2/c19-16-6-10-17(11-7-16)26(22,23)20-14-15-4-8-18(9-5-15)27(24,25)21-12-2-1-3-13-21/h4-11,20H,1-3,12-14H2. The smallest absolute Gasteiger partial charge is 0.207 e. The van der Waals surface area contributed by atoms with Crippen molar-refractivity contribution >= 4 is 31.6 Å². The number of sulfonamides is 2. The lowest BCUT2D eigenvalue weighted by Crippen LogP contribution is -2.35. The number of hydrogen-bond donors (Lipinski definition) is 1. The molecule has 0 radical (unpaired) electrons. The van der Waals surface area contributed by atoms with Crippen LogP contribution in [-0.4, -0.2) is 34.2 Å². The zero-order chi connectivity index (χ0) is 19.5. The molecule has 1 heterocycles. The third-order valence-electron chi connectivity index (χ3n) is 4.47. The Balaban J connectivity index is 1.68. The van der Waals surface area contributed by atoms with Crippen molar-refractivity contribution in [2.75, 3.05) is 13.1 Å². The molecule has 0 aromatic heterocycles. The van der Waals surface area contributed by atoms with Gasteiger partial charge in [-0.3, -0.25) is 0 Å². The van der Waals surface area contributed by atoms with Gasteiger partial charge in [-0.05, 0) is 54.8 Å². The fourth-order valence-electron chi connectivity index (χ4n) is 2.91. The minimum Gasteiger partial charge on any atom is -0.207 e. The van der Waals surface area contributed by atoms with Gasteiger partial charge in [-0.2, -0.15) is 4.31 Å². The van der Waals surface area contributed by atoms with Gasteiger partial charge in [0.1, 0.15) is 0 Å². The van der Waals surface area contributed by atoms with Gasteiger partial charge in [-0.1, -0.05) is 30.2 Å². The highest BCUT2D eigenvalue weighted by Crippen LogP contribution is 2.21. The highest BCUT2D eigenvalue weighted by atomic mass is 35.5. The van der Waals surface area contributed by atoms with Crippen LogP contribution in [0.5, 0.6) is 0 Å². The van der Waals surface area contributed by atoms with Crippen LogP contribution in [0.2, 0.25) is 5.02 Å². The van der Waals surface area contributed by atoms with E-state index in [9.17, 15) is 16.8 Å². The van der Waals surface area contributed by atoms with Crippen LogP contribution >= 0.6 is 11.6 Å². The number of nitrogens with one attached hydrogen (secondary N) is 1. The average molecular weight is 429 g/mol. The van der Waals surface area contributed by atoms with Gasteiger partial charge in [0.05, 0.1) is 9.79 Å². The number of piperidine rings is 1. The largest absolute Gasteiger partial charge is 0.243 e. The van der Waals surface area contributed by atoms with Gasteiger partial charge in [-0.25, -0.2) is 21.6 Å². The first-order chi connectivity index (χ1) is 12.8. The molecular formula is C18H21ClN2O4S2. The summed E-state index contributed by atoms with van der Waals surface area (Å²) in [6.45, 7) is 1.16. The fraction of sp³-hybridized carbons (Fsp3) is 0.333. The Bertz CT molecular complexity index is 983.